The molecule has 0 saturated carbocycles. The number of rotatable bonds is 5. The average Bonchev–Trinajstić information content (AvgIpc) is 3.36. The lowest BCUT2D eigenvalue weighted by Gasteiger charge is -2.11. The van der Waals surface area contributed by atoms with Crippen LogP contribution >= 0.6 is 11.3 Å². The molecule has 1 amide bonds. The Kier molecular flexibility index (Phi) is 5.24. The molecule has 0 bridgehead atoms. The lowest BCUT2D eigenvalue weighted by Crippen LogP contribution is -2.22. The van der Waals surface area contributed by atoms with E-state index >= 15 is 0 Å². The number of hydrogen-bond donors (Lipinski definition) is 1. The van der Waals surface area contributed by atoms with Crippen molar-refractivity contribution in [2.45, 2.75) is 24.2 Å². The first-order valence-electron chi connectivity index (χ1n) is 9.26. The van der Waals surface area contributed by atoms with E-state index in [1.165, 1.54) is 67.2 Å². The number of amides is 1. The van der Waals surface area contributed by atoms with E-state index in [4.69, 9.17) is 0 Å². The van der Waals surface area contributed by atoms with E-state index in [1.54, 1.807) is 0 Å². The number of fused-ring (bicyclic) bond motifs is 1. The van der Waals surface area contributed by atoms with Gasteiger partial charge in [-0.2, -0.15) is 0 Å². The summed E-state index contributed by atoms with van der Waals surface area (Å²) >= 11 is 1.37. The SMILES string of the molecule is CN(C)S(=O)(=O)c1ccc(C(=O)Nc2nc(-c3ccc4c(c3)CCC4)cs2)cc1. The number of thiazole rings is 1. The third kappa shape index (κ3) is 3.96. The average molecular weight is 428 g/mol. The first-order chi connectivity index (χ1) is 13.8. The van der Waals surface area contributed by atoms with Crippen LogP contribution in [-0.4, -0.2) is 37.7 Å². The van der Waals surface area contributed by atoms with E-state index in [2.05, 4.69) is 28.5 Å². The van der Waals surface area contributed by atoms with Crippen LogP contribution < -0.4 is 5.32 Å². The van der Waals surface area contributed by atoms with Crippen LogP contribution in [0, 0.1) is 0 Å². The summed E-state index contributed by atoms with van der Waals surface area (Å²) < 4.78 is 25.4. The fourth-order valence-electron chi connectivity index (χ4n) is 3.35. The molecule has 0 aliphatic heterocycles. The zero-order chi connectivity index (χ0) is 20.6. The number of benzene rings is 2. The van der Waals surface area contributed by atoms with Crippen LogP contribution in [0.25, 0.3) is 11.3 Å². The van der Waals surface area contributed by atoms with E-state index < -0.39 is 10.0 Å². The van der Waals surface area contributed by atoms with Crippen molar-refractivity contribution in [3.63, 3.8) is 0 Å². The quantitative estimate of drug-likeness (QED) is 0.672. The summed E-state index contributed by atoms with van der Waals surface area (Å²) in [6, 6.07) is 12.3. The van der Waals surface area contributed by atoms with Gasteiger partial charge in [0.2, 0.25) is 10.0 Å². The van der Waals surface area contributed by atoms with Crippen molar-refractivity contribution in [3.8, 4) is 11.3 Å². The summed E-state index contributed by atoms with van der Waals surface area (Å²) in [6.07, 6.45) is 3.45. The third-order valence-electron chi connectivity index (χ3n) is 5.01. The molecule has 6 nitrogen and oxygen atoms in total. The van der Waals surface area contributed by atoms with Gasteiger partial charge in [0, 0.05) is 30.6 Å². The Morgan fingerprint density at radius 1 is 1.07 bits per heavy atom. The smallest absolute Gasteiger partial charge is 0.257 e. The Morgan fingerprint density at radius 3 is 2.52 bits per heavy atom. The lowest BCUT2D eigenvalue weighted by atomic mass is 10.1. The topological polar surface area (TPSA) is 79.4 Å². The number of aryl methyl sites for hydroxylation is 2. The molecule has 1 heterocycles. The number of carbonyl (C=O) groups is 1. The largest absolute Gasteiger partial charge is 0.298 e. The summed E-state index contributed by atoms with van der Waals surface area (Å²) in [4.78, 5) is 17.2. The summed E-state index contributed by atoms with van der Waals surface area (Å²) in [5.41, 5.74) is 5.07. The van der Waals surface area contributed by atoms with Crippen LogP contribution in [0.4, 0.5) is 5.13 Å². The van der Waals surface area contributed by atoms with Gasteiger partial charge < -0.3 is 0 Å². The predicted molar refractivity (Wildman–Crippen MR) is 115 cm³/mol. The minimum absolute atomic E-state index is 0.146. The Bertz CT molecular complexity index is 1170. The van der Waals surface area contributed by atoms with Crippen molar-refractivity contribution < 1.29 is 13.2 Å². The first-order valence-corrected chi connectivity index (χ1v) is 11.6. The normalized spacial score (nSPS) is 13.5. The van der Waals surface area contributed by atoms with Crippen molar-refractivity contribution >= 4 is 32.4 Å². The van der Waals surface area contributed by atoms with E-state index in [0.29, 0.717) is 10.7 Å². The molecule has 2 aromatic carbocycles. The third-order valence-corrected chi connectivity index (χ3v) is 7.60. The summed E-state index contributed by atoms with van der Waals surface area (Å²) in [7, 11) is -0.580. The molecule has 29 heavy (non-hydrogen) atoms. The van der Waals surface area contributed by atoms with Crippen molar-refractivity contribution in [2.24, 2.45) is 0 Å². The second-order valence-corrected chi connectivity index (χ2v) is 10.2. The van der Waals surface area contributed by atoms with Gasteiger partial charge in [-0.3, -0.25) is 10.1 Å². The van der Waals surface area contributed by atoms with E-state index in [0.717, 1.165) is 28.4 Å². The van der Waals surface area contributed by atoms with Crippen molar-refractivity contribution in [1.82, 2.24) is 9.29 Å². The lowest BCUT2D eigenvalue weighted by molar-refractivity contribution is 0.102. The second kappa shape index (κ2) is 7.70. The molecule has 1 N–H and O–H groups in total. The molecule has 0 fully saturated rings. The highest BCUT2D eigenvalue weighted by Gasteiger charge is 2.18. The van der Waals surface area contributed by atoms with Crippen molar-refractivity contribution in [2.75, 3.05) is 19.4 Å². The van der Waals surface area contributed by atoms with Gasteiger partial charge in [0.15, 0.2) is 5.13 Å². The van der Waals surface area contributed by atoms with Gasteiger partial charge in [-0.25, -0.2) is 17.7 Å². The molecular weight excluding hydrogens is 406 g/mol. The molecule has 150 valence electrons. The maximum atomic E-state index is 12.5. The van der Waals surface area contributed by atoms with Gasteiger partial charge in [0.25, 0.3) is 5.91 Å². The zero-order valence-corrected chi connectivity index (χ0v) is 17.8. The molecule has 1 aliphatic rings. The molecular formula is C21H21N3O3S2. The minimum atomic E-state index is -3.52. The minimum Gasteiger partial charge on any atom is -0.298 e. The number of aromatic nitrogens is 1. The van der Waals surface area contributed by atoms with E-state index in [9.17, 15) is 13.2 Å². The molecule has 1 aromatic heterocycles. The number of anilines is 1. The molecule has 0 radical (unpaired) electrons. The number of nitrogens with one attached hydrogen (secondary N) is 1. The van der Waals surface area contributed by atoms with Gasteiger partial charge >= 0.3 is 0 Å². The maximum Gasteiger partial charge on any atom is 0.257 e. The van der Waals surface area contributed by atoms with Crippen molar-refractivity contribution in [1.29, 1.82) is 0 Å². The molecule has 0 spiro atoms. The standard InChI is InChI=1S/C21H21N3O3S2/c1-24(2)29(26,27)18-10-8-15(9-11-18)20(25)23-21-22-19(13-28-21)17-7-6-14-4-3-5-16(14)12-17/h6-13H,3-5H2,1-2H3,(H,22,23,25). The number of sulfonamides is 1. The van der Waals surface area contributed by atoms with E-state index in [1.807, 2.05) is 5.38 Å². The Morgan fingerprint density at radius 2 is 1.79 bits per heavy atom. The van der Waals surface area contributed by atoms with Gasteiger partial charge in [-0.15, -0.1) is 11.3 Å². The molecule has 0 unspecified atom stereocenters. The van der Waals surface area contributed by atoms with Gasteiger partial charge in [0.05, 0.1) is 10.6 Å². The van der Waals surface area contributed by atoms with Gasteiger partial charge in [0.1, 0.15) is 0 Å². The van der Waals surface area contributed by atoms with Crippen LogP contribution in [0.1, 0.15) is 27.9 Å². The highest BCUT2D eigenvalue weighted by atomic mass is 32.2. The van der Waals surface area contributed by atoms with Gasteiger partial charge in [-0.1, -0.05) is 12.1 Å². The van der Waals surface area contributed by atoms with Crippen LogP contribution in [0.2, 0.25) is 0 Å². The van der Waals surface area contributed by atoms with Crippen LogP contribution in [0.5, 0.6) is 0 Å². The second-order valence-electron chi connectivity index (χ2n) is 7.14. The number of nitrogens with zero attached hydrogens (tertiary/aromatic N) is 2. The predicted octanol–water partition coefficient (Wildman–Crippen LogP) is 3.80. The molecule has 4 rings (SSSR count). The summed E-state index contributed by atoms with van der Waals surface area (Å²) in [5.74, 6) is -0.325. The van der Waals surface area contributed by atoms with Crippen LogP contribution in [-0.2, 0) is 22.9 Å². The van der Waals surface area contributed by atoms with Crippen LogP contribution in [0.15, 0.2) is 52.7 Å². The molecule has 0 saturated heterocycles. The molecule has 8 heteroatoms. The number of carbonyl (C=O) groups excluding carboxylic acids is 1. The van der Waals surface area contributed by atoms with E-state index in [-0.39, 0.29) is 10.8 Å². The Hall–Kier alpha value is -2.55. The van der Waals surface area contributed by atoms with Crippen LogP contribution in [0.3, 0.4) is 0 Å². The highest BCUT2D eigenvalue weighted by molar-refractivity contribution is 7.89. The van der Waals surface area contributed by atoms with Crippen molar-refractivity contribution in [3.05, 3.63) is 64.5 Å². The summed E-state index contributed by atoms with van der Waals surface area (Å²) in [5, 5.41) is 5.23. The summed E-state index contributed by atoms with van der Waals surface area (Å²) in [6.45, 7) is 0. The monoisotopic (exact) mass is 427 g/mol. The zero-order valence-electron chi connectivity index (χ0n) is 16.2. The Labute approximate surface area is 174 Å². The fraction of sp³-hybridized carbons (Fsp3) is 0.238. The fourth-order valence-corrected chi connectivity index (χ4v) is 4.97. The van der Waals surface area contributed by atoms with Gasteiger partial charge in [-0.05, 0) is 60.7 Å². The molecule has 1 aliphatic carbocycles. The Balaban J connectivity index is 1.48. The molecule has 0 atom stereocenters. The maximum absolute atomic E-state index is 12.5. The molecule has 3 aromatic rings. The highest BCUT2D eigenvalue weighted by Crippen LogP contribution is 2.30. The first kappa shape index (κ1) is 19.8. The number of hydrogen-bond acceptors (Lipinski definition) is 5.